The molecule has 0 aliphatic carbocycles. The zero-order chi connectivity index (χ0) is 19.2. The highest BCUT2D eigenvalue weighted by Crippen LogP contribution is 2.22. The van der Waals surface area contributed by atoms with E-state index in [4.69, 9.17) is 4.42 Å². The molecule has 27 heavy (non-hydrogen) atoms. The Morgan fingerprint density at radius 2 is 2.00 bits per heavy atom. The second-order valence-corrected chi connectivity index (χ2v) is 6.54. The lowest BCUT2D eigenvalue weighted by Gasteiger charge is -2.06. The first-order valence-corrected chi connectivity index (χ1v) is 9.07. The van der Waals surface area contributed by atoms with Crippen LogP contribution in [0, 0.1) is 0 Å². The maximum Gasteiger partial charge on any atom is 0.337 e. The van der Waals surface area contributed by atoms with Gasteiger partial charge >= 0.3 is 5.97 Å². The van der Waals surface area contributed by atoms with Crippen LogP contribution in [-0.2, 0) is 23.1 Å². The number of carbonyl (C=O) groups excluding carboxylic acids is 2. The third-order valence-electron chi connectivity index (χ3n) is 3.77. The van der Waals surface area contributed by atoms with Gasteiger partial charge in [0, 0.05) is 13.6 Å². The van der Waals surface area contributed by atoms with E-state index >= 15 is 0 Å². The first-order valence-electron chi connectivity index (χ1n) is 8.08. The molecule has 0 saturated heterocycles. The van der Waals surface area contributed by atoms with Crippen LogP contribution in [0.25, 0.3) is 11.6 Å². The minimum atomic E-state index is -0.389. The van der Waals surface area contributed by atoms with Crippen LogP contribution >= 0.6 is 11.8 Å². The van der Waals surface area contributed by atoms with Crippen molar-refractivity contribution >= 4 is 23.6 Å². The fraction of sp³-hybridized carbons (Fsp3) is 0.222. The Morgan fingerprint density at radius 3 is 2.67 bits per heavy atom. The van der Waals surface area contributed by atoms with E-state index in [-0.39, 0.29) is 17.6 Å². The Hall–Kier alpha value is -3.07. The number of furan rings is 1. The Kier molecular flexibility index (Phi) is 5.92. The molecular formula is C18H18N4O4S. The Bertz CT molecular complexity index is 920. The second-order valence-electron chi connectivity index (χ2n) is 5.60. The van der Waals surface area contributed by atoms with Gasteiger partial charge in [0.1, 0.15) is 0 Å². The van der Waals surface area contributed by atoms with Gasteiger partial charge in [-0.25, -0.2) is 4.79 Å². The van der Waals surface area contributed by atoms with Crippen molar-refractivity contribution in [3.05, 3.63) is 53.8 Å². The van der Waals surface area contributed by atoms with Crippen molar-refractivity contribution in [3.8, 4) is 11.6 Å². The van der Waals surface area contributed by atoms with E-state index in [2.05, 4.69) is 20.3 Å². The van der Waals surface area contributed by atoms with Crippen molar-refractivity contribution in [2.75, 3.05) is 12.9 Å². The Morgan fingerprint density at radius 1 is 1.22 bits per heavy atom. The quantitative estimate of drug-likeness (QED) is 0.491. The number of nitrogens with zero attached hydrogens (tertiary/aromatic N) is 3. The molecule has 0 fully saturated rings. The number of hydrogen-bond donors (Lipinski definition) is 1. The molecule has 1 N–H and O–H groups in total. The van der Waals surface area contributed by atoms with Crippen LogP contribution in [0.15, 0.2) is 52.2 Å². The van der Waals surface area contributed by atoms with E-state index in [1.807, 2.05) is 7.05 Å². The van der Waals surface area contributed by atoms with Crippen LogP contribution in [0.1, 0.15) is 15.9 Å². The van der Waals surface area contributed by atoms with Crippen molar-refractivity contribution in [2.45, 2.75) is 11.7 Å². The zero-order valence-corrected chi connectivity index (χ0v) is 15.7. The molecule has 0 bridgehead atoms. The summed E-state index contributed by atoms with van der Waals surface area (Å²) in [5.74, 6) is 0.925. The molecule has 0 saturated carbocycles. The van der Waals surface area contributed by atoms with Gasteiger partial charge in [-0.1, -0.05) is 23.9 Å². The van der Waals surface area contributed by atoms with Gasteiger partial charge in [-0.05, 0) is 29.8 Å². The predicted molar refractivity (Wildman–Crippen MR) is 99.1 cm³/mol. The highest BCUT2D eigenvalue weighted by Gasteiger charge is 2.14. The summed E-state index contributed by atoms with van der Waals surface area (Å²) in [5.41, 5.74) is 1.36. The molecule has 2 heterocycles. The van der Waals surface area contributed by atoms with Crippen molar-refractivity contribution in [1.82, 2.24) is 20.1 Å². The van der Waals surface area contributed by atoms with Gasteiger partial charge in [-0.15, -0.1) is 10.2 Å². The van der Waals surface area contributed by atoms with Gasteiger partial charge in [0.05, 0.1) is 24.7 Å². The van der Waals surface area contributed by atoms with E-state index in [1.165, 1.54) is 18.9 Å². The molecule has 1 aromatic carbocycles. The Labute approximate surface area is 159 Å². The largest absolute Gasteiger partial charge is 0.465 e. The molecule has 8 nitrogen and oxygen atoms in total. The molecule has 0 radical (unpaired) electrons. The zero-order valence-electron chi connectivity index (χ0n) is 14.8. The van der Waals surface area contributed by atoms with Crippen molar-refractivity contribution in [3.63, 3.8) is 0 Å². The molecule has 1 amide bonds. The smallest absolute Gasteiger partial charge is 0.337 e. The van der Waals surface area contributed by atoms with E-state index in [9.17, 15) is 9.59 Å². The third-order valence-corrected chi connectivity index (χ3v) is 4.79. The van der Waals surface area contributed by atoms with Gasteiger partial charge in [-0.2, -0.15) is 0 Å². The number of amides is 1. The van der Waals surface area contributed by atoms with Crippen molar-refractivity contribution in [1.29, 1.82) is 0 Å². The lowest BCUT2D eigenvalue weighted by molar-refractivity contribution is -0.118. The first kappa shape index (κ1) is 18.7. The number of carbonyl (C=O) groups is 2. The SMILES string of the molecule is COC(=O)c1ccc(CNC(=O)CSc2nnc(-c3ccco3)n2C)cc1. The summed E-state index contributed by atoms with van der Waals surface area (Å²) in [4.78, 5) is 23.5. The van der Waals surface area contributed by atoms with Crippen LogP contribution in [-0.4, -0.2) is 39.5 Å². The maximum atomic E-state index is 12.1. The monoisotopic (exact) mass is 386 g/mol. The lowest BCUT2D eigenvalue weighted by Crippen LogP contribution is -2.24. The summed E-state index contributed by atoms with van der Waals surface area (Å²) >= 11 is 1.29. The molecule has 0 aliphatic heterocycles. The number of hydrogen-bond acceptors (Lipinski definition) is 7. The molecule has 2 aromatic heterocycles. The minimum Gasteiger partial charge on any atom is -0.465 e. The first-order chi connectivity index (χ1) is 13.1. The van der Waals surface area contributed by atoms with Crippen molar-refractivity contribution in [2.24, 2.45) is 7.05 Å². The molecule has 0 unspecified atom stereocenters. The number of methoxy groups -OCH3 is 1. The van der Waals surface area contributed by atoms with Crippen LogP contribution in [0.4, 0.5) is 0 Å². The van der Waals surface area contributed by atoms with Crippen molar-refractivity contribution < 1.29 is 18.7 Å². The van der Waals surface area contributed by atoms with Crippen LogP contribution in [0.3, 0.4) is 0 Å². The standard InChI is InChI=1S/C18H18N4O4S/c1-22-16(14-4-3-9-26-14)20-21-18(22)27-11-15(23)19-10-12-5-7-13(8-6-12)17(24)25-2/h3-9H,10-11H2,1-2H3,(H,19,23). The highest BCUT2D eigenvalue weighted by molar-refractivity contribution is 7.99. The maximum absolute atomic E-state index is 12.1. The van der Waals surface area contributed by atoms with Gasteiger partial charge in [0.15, 0.2) is 16.7 Å². The summed E-state index contributed by atoms with van der Waals surface area (Å²) in [6.45, 7) is 0.372. The van der Waals surface area contributed by atoms with E-state index in [1.54, 1.807) is 47.2 Å². The third kappa shape index (κ3) is 4.56. The summed E-state index contributed by atoms with van der Waals surface area (Å²) in [6, 6.07) is 10.5. The predicted octanol–water partition coefficient (Wildman–Crippen LogP) is 2.27. The van der Waals surface area contributed by atoms with Crippen LogP contribution in [0.5, 0.6) is 0 Å². The molecular weight excluding hydrogens is 368 g/mol. The number of ether oxygens (including phenoxy) is 1. The van der Waals surface area contributed by atoms with Crippen LogP contribution < -0.4 is 5.32 Å². The van der Waals surface area contributed by atoms with Gasteiger partial charge in [-0.3, -0.25) is 4.79 Å². The average molecular weight is 386 g/mol. The average Bonchev–Trinajstić information content (AvgIpc) is 3.34. The molecule has 3 rings (SSSR count). The van der Waals surface area contributed by atoms with Gasteiger partial charge < -0.3 is 19.0 Å². The molecule has 9 heteroatoms. The molecule has 0 atom stereocenters. The lowest BCUT2D eigenvalue weighted by atomic mass is 10.1. The summed E-state index contributed by atoms with van der Waals surface area (Å²) in [5, 5.41) is 11.6. The highest BCUT2D eigenvalue weighted by atomic mass is 32.2. The molecule has 140 valence electrons. The van der Waals surface area contributed by atoms with Crippen LogP contribution in [0.2, 0.25) is 0 Å². The van der Waals surface area contributed by atoms with E-state index in [0.717, 1.165) is 5.56 Å². The normalized spacial score (nSPS) is 10.6. The number of aromatic nitrogens is 3. The number of benzene rings is 1. The van der Waals surface area contributed by atoms with Gasteiger partial charge in [0.2, 0.25) is 5.91 Å². The second kappa shape index (κ2) is 8.54. The number of thioether (sulfide) groups is 1. The minimum absolute atomic E-state index is 0.125. The molecule has 3 aromatic rings. The summed E-state index contributed by atoms with van der Waals surface area (Å²) in [7, 11) is 3.16. The number of nitrogens with one attached hydrogen (secondary N) is 1. The number of rotatable bonds is 7. The fourth-order valence-corrected chi connectivity index (χ4v) is 3.06. The Balaban J connectivity index is 1.50. The van der Waals surface area contributed by atoms with E-state index < -0.39 is 0 Å². The number of esters is 1. The fourth-order valence-electron chi connectivity index (χ4n) is 2.32. The van der Waals surface area contributed by atoms with E-state index in [0.29, 0.717) is 28.8 Å². The molecule has 0 aliphatic rings. The molecule has 0 spiro atoms. The summed E-state index contributed by atoms with van der Waals surface area (Å²) in [6.07, 6.45) is 1.57. The topological polar surface area (TPSA) is 99.2 Å². The van der Waals surface area contributed by atoms with Gasteiger partial charge in [0.25, 0.3) is 0 Å². The summed E-state index contributed by atoms with van der Waals surface area (Å²) < 4.78 is 11.7.